The van der Waals surface area contributed by atoms with Crippen molar-refractivity contribution in [3.63, 3.8) is 0 Å². The normalized spacial score (nSPS) is 33.4. The van der Waals surface area contributed by atoms with Gasteiger partial charge in [0.15, 0.2) is 0 Å². The number of nitrogens with two attached hydrogens (primary N) is 1. The van der Waals surface area contributed by atoms with Crippen LogP contribution in [0.5, 0.6) is 0 Å². The van der Waals surface area contributed by atoms with Gasteiger partial charge in [-0.15, -0.1) is 0 Å². The van der Waals surface area contributed by atoms with Crippen LogP contribution < -0.4 is 5.73 Å². The molecule has 5 heteroatoms. The lowest BCUT2D eigenvalue weighted by Gasteiger charge is -2.30. The summed E-state index contributed by atoms with van der Waals surface area (Å²) in [5.74, 6) is 1.11. The number of rotatable bonds is 5. The number of hydrogen-bond donors (Lipinski definition) is 1. The molecule has 2 aliphatic rings. The van der Waals surface area contributed by atoms with E-state index in [0.29, 0.717) is 5.25 Å². The Morgan fingerprint density at radius 3 is 2.94 bits per heavy atom. The molecule has 0 aromatic heterocycles. The van der Waals surface area contributed by atoms with E-state index < -0.39 is 5.54 Å². The smallest absolute Gasteiger partial charge is 0.326 e. The Labute approximate surface area is 107 Å². The summed E-state index contributed by atoms with van der Waals surface area (Å²) in [6, 6.07) is 0. The third-order valence-corrected chi connectivity index (χ3v) is 5.08. The number of thioether (sulfide) groups is 1. The van der Waals surface area contributed by atoms with Crippen molar-refractivity contribution in [3.05, 3.63) is 0 Å². The van der Waals surface area contributed by atoms with E-state index in [1.54, 1.807) is 0 Å². The number of hydrogen-bond acceptors (Lipinski definition) is 5. The molecule has 0 aromatic rings. The fourth-order valence-electron chi connectivity index (χ4n) is 2.65. The number of carbonyl (C=O) groups is 1. The second-order valence-corrected chi connectivity index (χ2v) is 6.35. The Bertz CT molecular complexity index is 283. The molecular weight excluding hydrogens is 238 g/mol. The lowest BCUT2D eigenvalue weighted by Crippen LogP contribution is -2.51. The van der Waals surface area contributed by atoms with Crippen molar-refractivity contribution >= 4 is 17.7 Å². The highest BCUT2D eigenvalue weighted by atomic mass is 32.2. The quantitative estimate of drug-likeness (QED) is 0.751. The van der Waals surface area contributed by atoms with Crippen molar-refractivity contribution in [2.75, 3.05) is 26.1 Å². The Morgan fingerprint density at radius 1 is 1.59 bits per heavy atom. The summed E-state index contributed by atoms with van der Waals surface area (Å²) in [4.78, 5) is 11.7. The molecule has 1 aliphatic carbocycles. The molecule has 1 heterocycles. The van der Waals surface area contributed by atoms with Crippen molar-refractivity contribution in [2.24, 2.45) is 11.7 Å². The number of ether oxygens (including phenoxy) is 2. The van der Waals surface area contributed by atoms with Gasteiger partial charge in [-0.3, -0.25) is 4.79 Å². The molecule has 0 aromatic carbocycles. The van der Waals surface area contributed by atoms with Crippen molar-refractivity contribution in [3.8, 4) is 0 Å². The summed E-state index contributed by atoms with van der Waals surface area (Å²) >= 11 is 1.94. The first-order valence-corrected chi connectivity index (χ1v) is 7.28. The molecule has 2 atom stereocenters. The molecule has 17 heavy (non-hydrogen) atoms. The van der Waals surface area contributed by atoms with E-state index >= 15 is 0 Å². The van der Waals surface area contributed by atoms with Gasteiger partial charge in [0.1, 0.15) is 5.54 Å². The summed E-state index contributed by atoms with van der Waals surface area (Å²) in [5.41, 5.74) is 5.48. The molecule has 0 amide bonds. The van der Waals surface area contributed by atoms with Gasteiger partial charge in [0.25, 0.3) is 0 Å². The van der Waals surface area contributed by atoms with Gasteiger partial charge in [0, 0.05) is 0 Å². The molecule has 2 fully saturated rings. The summed E-state index contributed by atoms with van der Waals surface area (Å²) in [6.07, 6.45) is 3.86. The topological polar surface area (TPSA) is 61.5 Å². The van der Waals surface area contributed by atoms with E-state index in [1.807, 2.05) is 11.8 Å². The SMILES string of the molecule is COC(=O)C1(N)CCCC1CCSC1COC1. The number of carbonyl (C=O) groups excluding carboxylic acids is 1. The van der Waals surface area contributed by atoms with E-state index in [0.717, 1.165) is 44.6 Å². The minimum atomic E-state index is -0.731. The van der Waals surface area contributed by atoms with Crippen LogP contribution in [0.1, 0.15) is 25.7 Å². The highest BCUT2D eigenvalue weighted by Crippen LogP contribution is 2.38. The molecule has 4 nitrogen and oxygen atoms in total. The number of methoxy groups -OCH3 is 1. The molecule has 1 aliphatic heterocycles. The maximum atomic E-state index is 11.7. The Hall–Kier alpha value is -0.260. The molecule has 98 valence electrons. The van der Waals surface area contributed by atoms with E-state index in [2.05, 4.69) is 0 Å². The largest absolute Gasteiger partial charge is 0.468 e. The van der Waals surface area contributed by atoms with E-state index in [9.17, 15) is 4.79 Å². The van der Waals surface area contributed by atoms with Gasteiger partial charge in [-0.1, -0.05) is 6.42 Å². The van der Waals surface area contributed by atoms with Gasteiger partial charge >= 0.3 is 5.97 Å². The van der Waals surface area contributed by atoms with Gasteiger partial charge in [0.05, 0.1) is 25.6 Å². The van der Waals surface area contributed by atoms with Gasteiger partial charge in [-0.2, -0.15) is 11.8 Å². The third-order valence-electron chi connectivity index (χ3n) is 3.86. The van der Waals surface area contributed by atoms with Crippen LogP contribution in [0.2, 0.25) is 0 Å². The van der Waals surface area contributed by atoms with Gasteiger partial charge in [0.2, 0.25) is 0 Å². The molecule has 2 unspecified atom stereocenters. The predicted molar refractivity (Wildman–Crippen MR) is 68.0 cm³/mol. The van der Waals surface area contributed by atoms with Crippen molar-refractivity contribution in [1.29, 1.82) is 0 Å². The first-order valence-electron chi connectivity index (χ1n) is 6.23. The highest BCUT2D eigenvalue weighted by Gasteiger charge is 2.46. The number of esters is 1. The zero-order valence-corrected chi connectivity index (χ0v) is 11.1. The first-order chi connectivity index (χ1) is 8.16. The molecule has 1 saturated heterocycles. The first kappa shape index (κ1) is 13.2. The van der Waals surface area contributed by atoms with Gasteiger partial charge in [-0.05, 0) is 30.9 Å². The van der Waals surface area contributed by atoms with E-state index in [4.69, 9.17) is 15.2 Å². The fraction of sp³-hybridized carbons (Fsp3) is 0.917. The van der Waals surface area contributed by atoms with Crippen LogP contribution in [0.15, 0.2) is 0 Å². The van der Waals surface area contributed by atoms with Crippen molar-refractivity contribution in [2.45, 2.75) is 36.5 Å². The minimum Gasteiger partial charge on any atom is -0.468 e. The maximum Gasteiger partial charge on any atom is 0.326 e. The molecular formula is C12H21NO3S. The van der Waals surface area contributed by atoms with Crippen LogP contribution in [0.3, 0.4) is 0 Å². The molecule has 0 bridgehead atoms. The standard InChI is InChI=1S/C12H21NO3S/c1-15-11(14)12(13)5-2-3-9(12)4-6-17-10-7-16-8-10/h9-10H,2-8,13H2,1H3. The molecule has 2 rings (SSSR count). The van der Waals surface area contributed by atoms with E-state index in [-0.39, 0.29) is 11.9 Å². The zero-order chi connectivity index (χ0) is 12.3. The maximum absolute atomic E-state index is 11.7. The lowest BCUT2D eigenvalue weighted by molar-refractivity contribution is -0.148. The van der Waals surface area contributed by atoms with Crippen LogP contribution in [-0.2, 0) is 14.3 Å². The van der Waals surface area contributed by atoms with Crippen LogP contribution in [0, 0.1) is 5.92 Å². The molecule has 2 N–H and O–H groups in total. The fourth-order valence-corrected chi connectivity index (χ4v) is 3.79. The molecule has 1 saturated carbocycles. The monoisotopic (exact) mass is 259 g/mol. The second-order valence-electron chi connectivity index (χ2n) is 4.94. The van der Waals surface area contributed by atoms with Gasteiger partial charge in [-0.25, -0.2) is 0 Å². The van der Waals surface area contributed by atoms with Crippen molar-refractivity contribution < 1.29 is 14.3 Å². The second kappa shape index (κ2) is 5.59. The summed E-state index contributed by atoms with van der Waals surface area (Å²) in [7, 11) is 1.42. The minimum absolute atomic E-state index is 0.239. The van der Waals surface area contributed by atoms with Crippen LogP contribution in [0.25, 0.3) is 0 Å². The van der Waals surface area contributed by atoms with Crippen molar-refractivity contribution in [1.82, 2.24) is 0 Å². The van der Waals surface area contributed by atoms with Crippen LogP contribution in [-0.4, -0.2) is 42.8 Å². The predicted octanol–water partition coefficient (Wildman–Crippen LogP) is 1.18. The summed E-state index contributed by atoms with van der Waals surface area (Å²) in [5, 5.41) is 0.654. The van der Waals surface area contributed by atoms with Crippen LogP contribution >= 0.6 is 11.8 Å². The summed E-state index contributed by atoms with van der Waals surface area (Å²) in [6.45, 7) is 1.75. The van der Waals surface area contributed by atoms with Crippen LogP contribution in [0.4, 0.5) is 0 Å². The summed E-state index contributed by atoms with van der Waals surface area (Å²) < 4.78 is 9.97. The van der Waals surface area contributed by atoms with Gasteiger partial charge < -0.3 is 15.2 Å². The Kier molecular flexibility index (Phi) is 4.33. The van der Waals surface area contributed by atoms with E-state index in [1.165, 1.54) is 7.11 Å². The Morgan fingerprint density at radius 2 is 2.35 bits per heavy atom. The molecule has 0 radical (unpaired) electrons. The lowest BCUT2D eigenvalue weighted by atomic mass is 9.86. The average Bonchev–Trinajstić information content (AvgIpc) is 2.64. The molecule has 0 spiro atoms. The average molecular weight is 259 g/mol. The highest BCUT2D eigenvalue weighted by molar-refractivity contribution is 8.00. The Balaban J connectivity index is 1.79. The zero-order valence-electron chi connectivity index (χ0n) is 10.3. The third kappa shape index (κ3) is 2.77.